The number of guanidine groups is 1. The Morgan fingerprint density at radius 1 is 1.30 bits per heavy atom. The second-order valence-corrected chi connectivity index (χ2v) is 4.90. The van der Waals surface area contributed by atoms with Gasteiger partial charge in [0.15, 0.2) is 5.96 Å². The molecule has 0 aromatic heterocycles. The number of amides is 1. The maximum atomic E-state index is 12.3. The van der Waals surface area contributed by atoms with Crippen LogP contribution in [0.5, 0.6) is 0 Å². The van der Waals surface area contributed by atoms with Crippen molar-refractivity contribution < 1.29 is 9.53 Å². The highest BCUT2D eigenvalue weighted by Crippen LogP contribution is 2.21. The topological polar surface area (TPSA) is 62.7 Å². The molecule has 0 radical (unpaired) electrons. The highest BCUT2D eigenvalue weighted by atomic mass is 16.5. The Labute approximate surface area is 119 Å². The number of ether oxygens (including phenoxy) is 1. The van der Waals surface area contributed by atoms with Gasteiger partial charge in [-0.2, -0.15) is 0 Å². The van der Waals surface area contributed by atoms with Crippen molar-refractivity contribution in [2.75, 3.05) is 20.3 Å². The van der Waals surface area contributed by atoms with Gasteiger partial charge in [0.25, 0.3) is 5.91 Å². The van der Waals surface area contributed by atoms with Crippen LogP contribution in [0, 0.1) is 0 Å². The van der Waals surface area contributed by atoms with Crippen LogP contribution in [0.25, 0.3) is 0 Å². The minimum Gasteiger partial charge on any atom is -0.383 e. The van der Waals surface area contributed by atoms with Crippen LogP contribution in [0.4, 0.5) is 0 Å². The third-order valence-corrected chi connectivity index (χ3v) is 3.54. The molecule has 1 aliphatic rings. The van der Waals surface area contributed by atoms with Gasteiger partial charge in [-0.25, -0.2) is 0 Å². The van der Waals surface area contributed by atoms with Crippen molar-refractivity contribution in [1.29, 1.82) is 0 Å². The fourth-order valence-corrected chi connectivity index (χ4v) is 2.31. The van der Waals surface area contributed by atoms with Crippen molar-refractivity contribution in [2.45, 2.75) is 25.3 Å². The lowest BCUT2D eigenvalue weighted by atomic mass is 9.88. The van der Waals surface area contributed by atoms with E-state index in [1.807, 2.05) is 37.3 Å². The molecule has 1 heterocycles. The summed E-state index contributed by atoms with van der Waals surface area (Å²) in [5.41, 5.74) is 0.530. The lowest BCUT2D eigenvalue weighted by Crippen LogP contribution is -2.48. The molecule has 0 aliphatic carbocycles. The Balaban J connectivity index is 2.11. The van der Waals surface area contributed by atoms with E-state index < -0.39 is 5.54 Å². The second kappa shape index (κ2) is 6.52. The molecule has 0 saturated carbocycles. The van der Waals surface area contributed by atoms with E-state index in [1.54, 1.807) is 7.11 Å². The minimum absolute atomic E-state index is 0.0139. The van der Waals surface area contributed by atoms with Crippen LogP contribution in [-0.4, -0.2) is 37.7 Å². The number of nitrogens with zero attached hydrogens (tertiary/aromatic N) is 1. The molecule has 1 aromatic carbocycles. The molecule has 2 N–H and O–H groups in total. The first-order valence-corrected chi connectivity index (χ1v) is 6.87. The zero-order valence-electron chi connectivity index (χ0n) is 12.0. The molecule has 1 aliphatic heterocycles. The Morgan fingerprint density at radius 2 is 2.05 bits per heavy atom. The molecule has 0 spiro atoms. The largest absolute Gasteiger partial charge is 0.383 e. The normalized spacial score (nSPS) is 23.7. The maximum absolute atomic E-state index is 12.3. The predicted octanol–water partition coefficient (Wildman–Crippen LogP) is 1.10. The first-order valence-electron chi connectivity index (χ1n) is 6.87. The van der Waals surface area contributed by atoms with Gasteiger partial charge in [0.2, 0.25) is 0 Å². The first kappa shape index (κ1) is 14.5. The zero-order valence-corrected chi connectivity index (χ0v) is 12.0. The molecule has 1 unspecified atom stereocenters. The SMILES string of the molecule is CCC1(Cc2ccccc2)NC(=NCCOC)NC1=O. The monoisotopic (exact) mass is 275 g/mol. The number of hydrogen-bond donors (Lipinski definition) is 2. The number of rotatable bonds is 6. The Bertz CT molecular complexity index is 487. The Kier molecular flexibility index (Phi) is 4.74. The number of benzene rings is 1. The van der Waals surface area contributed by atoms with Crippen LogP contribution in [0.2, 0.25) is 0 Å². The van der Waals surface area contributed by atoms with Gasteiger partial charge >= 0.3 is 0 Å². The van der Waals surface area contributed by atoms with Crippen molar-refractivity contribution >= 4 is 11.9 Å². The van der Waals surface area contributed by atoms with E-state index in [4.69, 9.17) is 4.74 Å². The number of methoxy groups -OCH3 is 1. The molecule has 1 aromatic rings. The molecule has 1 atom stereocenters. The molecule has 108 valence electrons. The molecular weight excluding hydrogens is 254 g/mol. The van der Waals surface area contributed by atoms with Crippen molar-refractivity contribution in [1.82, 2.24) is 10.6 Å². The van der Waals surface area contributed by atoms with E-state index in [2.05, 4.69) is 15.6 Å². The summed E-state index contributed by atoms with van der Waals surface area (Å²) in [4.78, 5) is 16.6. The Hall–Kier alpha value is -1.88. The van der Waals surface area contributed by atoms with E-state index in [0.717, 1.165) is 5.56 Å². The molecular formula is C15H21N3O2. The van der Waals surface area contributed by atoms with Crippen LogP contribution < -0.4 is 10.6 Å². The van der Waals surface area contributed by atoms with Crippen molar-refractivity contribution in [2.24, 2.45) is 4.99 Å². The zero-order chi connectivity index (χ0) is 14.4. The molecule has 0 bridgehead atoms. The summed E-state index contributed by atoms with van der Waals surface area (Å²) < 4.78 is 4.95. The molecule has 1 amide bonds. The Morgan fingerprint density at radius 3 is 2.70 bits per heavy atom. The van der Waals surface area contributed by atoms with Gasteiger partial charge in [-0.3, -0.25) is 15.1 Å². The summed E-state index contributed by atoms with van der Waals surface area (Å²) in [7, 11) is 1.63. The van der Waals surface area contributed by atoms with Crippen molar-refractivity contribution in [3.8, 4) is 0 Å². The van der Waals surface area contributed by atoms with Crippen LogP contribution in [-0.2, 0) is 16.0 Å². The van der Waals surface area contributed by atoms with E-state index in [-0.39, 0.29) is 5.91 Å². The standard InChI is InChI=1S/C15H21N3O2/c1-3-15(11-12-7-5-4-6-8-12)13(19)17-14(18-15)16-9-10-20-2/h4-8H,3,9-11H2,1-2H3,(H2,16,17,18,19). The number of hydrogen-bond acceptors (Lipinski definition) is 3. The van der Waals surface area contributed by atoms with Crippen LogP contribution in [0.1, 0.15) is 18.9 Å². The minimum atomic E-state index is -0.604. The van der Waals surface area contributed by atoms with Crippen molar-refractivity contribution in [3.63, 3.8) is 0 Å². The van der Waals surface area contributed by atoms with Gasteiger partial charge in [0.05, 0.1) is 13.2 Å². The average Bonchev–Trinajstić information content (AvgIpc) is 2.77. The van der Waals surface area contributed by atoms with E-state index in [1.165, 1.54) is 0 Å². The lowest BCUT2D eigenvalue weighted by Gasteiger charge is -2.24. The fourth-order valence-electron chi connectivity index (χ4n) is 2.31. The molecule has 1 fully saturated rings. The van der Waals surface area contributed by atoms with Crippen LogP contribution in [0.3, 0.4) is 0 Å². The van der Waals surface area contributed by atoms with Gasteiger partial charge in [-0.05, 0) is 12.0 Å². The smallest absolute Gasteiger partial charge is 0.252 e. The number of carbonyl (C=O) groups excluding carboxylic acids is 1. The summed E-state index contributed by atoms with van der Waals surface area (Å²) in [6.45, 7) is 3.08. The van der Waals surface area contributed by atoms with E-state index >= 15 is 0 Å². The highest BCUT2D eigenvalue weighted by Gasteiger charge is 2.43. The summed E-state index contributed by atoms with van der Waals surface area (Å²) in [5, 5.41) is 6.06. The highest BCUT2D eigenvalue weighted by molar-refractivity contribution is 6.09. The molecule has 20 heavy (non-hydrogen) atoms. The van der Waals surface area contributed by atoms with Crippen LogP contribution in [0.15, 0.2) is 35.3 Å². The van der Waals surface area contributed by atoms with Gasteiger partial charge in [0, 0.05) is 13.5 Å². The first-order chi connectivity index (χ1) is 9.70. The second-order valence-electron chi connectivity index (χ2n) is 4.90. The van der Waals surface area contributed by atoms with Gasteiger partial charge in [0.1, 0.15) is 5.54 Å². The maximum Gasteiger partial charge on any atom is 0.252 e. The van der Waals surface area contributed by atoms with E-state index in [9.17, 15) is 4.79 Å². The van der Waals surface area contributed by atoms with Gasteiger partial charge in [-0.1, -0.05) is 37.3 Å². The van der Waals surface area contributed by atoms with E-state index in [0.29, 0.717) is 32.0 Å². The summed E-state index contributed by atoms with van der Waals surface area (Å²) in [6.07, 6.45) is 1.36. The third-order valence-electron chi connectivity index (χ3n) is 3.54. The predicted molar refractivity (Wildman–Crippen MR) is 78.6 cm³/mol. The number of aliphatic imine (C=N–C) groups is 1. The molecule has 5 heteroatoms. The molecule has 2 rings (SSSR count). The number of nitrogens with one attached hydrogen (secondary N) is 2. The summed E-state index contributed by atoms with van der Waals surface area (Å²) in [6, 6.07) is 10.0. The summed E-state index contributed by atoms with van der Waals surface area (Å²) >= 11 is 0. The van der Waals surface area contributed by atoms with Gasteiger partial charge in [-0.15, -0.1) is 0 Å². The van der Waals surface area contributed by atoms with Gasteiger partial charge < -0.3 is 10.1 Å². The quantitative estimate of drug-likeness (QED) is 0.764. The molecule has 5 nitrogen and oxygen atoms in total. The summed E-state index contributed by atoms with van der Waals surface area (Å²) in [5.74, 6) is 0.532. The third kappa shape index (κ3) is 3.17. The number of carbonyl (C=O) groups is 1. The average molecular weight is 275 g/mol. The van der Waals surface area contributed by atoms with Crippen molar-refractivity contribution in [3.05, 3.63) is 35.9 Å². The fraction of sp³-hybridized carbons (Fsp3) is 0.467. The van der Waals surface area contributed by atoms with Crippen LogP contribution >= 0.6 is 0 Å². The lowest BCUT2D eigenvalue weighted by molar-refractivity contribution is -0.124. The molecule has 1 saturated heterocycles.